The quantitative estimate of drug-likeness (QED) is 0.441. The van der Waals surface area contributed by atoms with Crippen LogP contribution in [0.2, 0.25) is 5.02 Å². The number of sulfone groups is 1. The number of benzene rings is 2. The first kappa shape index (κ1) is 23.2. The van der Waals surface area contributed by atoms with E-state index in [-0.39, 0.29) is 35.5 Å². The molecule has 0 radical (unpaired) electrons. The van der Waals surface area contributed by atoms with E-state index in [0.717, 1.165) is 28.6 Å². The number of aromatic nitrogens is 1. The molecule has 1 aliphatic rings. The summed E-state index contributed by atoms with van der Waals surface area (Å²) >= 11 is 7.50. The topological polar surface area (TPSA) is 76.6 Å². The summed E-state index contributed by atoms with van der Waals surface area (Å²) < 4.78 is 31.9. The molecule has 1 atom stereocenters. The lowest BCUT2D eigenvalue weighted by Gasteiger charge is -2.23. The number of ether oxygens (including phenoxy) is 1. The van der Waals surface area contributed by atoms with E-state index in [1.54, 1.807) is 35.2 Å². The van der Waals surface area contributed by atoms with Gasteiger partial charge in [-0.25, -0.2) is 13.4 Å². The largest absolute Gasteiger partial charge is 0.376 e. The van der Waals surface area contributed by atoms with Crippen molar-refractivity contribution in [3.63, 3.8) is 0 Å². The van der Waals surface area contributed by atoms with E-state index in [2.05, 4.69) is 4.98 Å². The molecule has 2 aromatic carbocycles. The number of rotatable bonds is 8. The van der Waals surface area contributed by atoms with Crippen LogP contribution in [0.3, 0.4) is 0 Å². The molecule has 0 aliphatic carbocycles. The molecule has 0 bridgehead atoms. The monoisotopic (exact) mass is 492 g/mol. The van der Waals surface area contributed by atoms with Gasteiger partial charge in [-0.1, -0.05) is 40.6 Å². The van der Waals surface area contributed by atoms with Gasteiger partial charge in [0.05, 0.1) is 33.5 Å². The molecule has 2 heterocycles. The first-order chi connectivity index (χ1) is 15.3. The molecule has 4 rings (SSSR count). The van der Waals surface area contributed by atoms with Crippen molar-refractivity contribution in [2.75, 3.05) is 23.8 Å². The van der Waals surface area contributed by atoms with Crippen LogP contribution in [0, 0.1) is 6.92 Å². The highest BCUT2D eigenvalue weighted by Gasteiger charge is 2.26. The van der Waals surface area contributed by atoms with Gasteiger partial charge in [0.1, 0.15) is 0 Å². The molecule has 1 aliphatic heterocycles. The second-order valence-electron chi connectivity index (χ2n) is 7.98. The Hall–Kier alpha value is -2.00. The number of fused-ring (bicyclic) bond motifs is 1. The standard InChI is InChI=1S/C23H25ClN2O4S2/c1-16-6-9-19(10-7-16)32(28,29)13-3-5-22(27)26(15-18-4-2-12-30-18)23-25-20-11-8-17(24)14-21(20)31-23/h6-11,14,18H,2-5,12-13,15H2,1H3. The van der Waals surface area contributed by atoms with E-state index in [0.29, 0.717) is 23.3 Å². The van der Waals surface area contributed by atoms with E-state index < -0.39 is 9.84 Å². The number of carbonyl (C=O) groups excluding carboxylic acids is 1. The Bertz CT molecular complexity index is 1200. The maximum absolute atomic E-state index is 13.2. The molecular weight excluding hydrogens is 468 g/mol. The SMILES string of the molecule is Cc1ccc(S(=O)(=O)CCCC(=O)N(CC2CCCO2)c2nc3ccc(Cl)cc3s2)cc1. The predicted octanol–water partition coefficient (Wildman–Crippen LogP) is 5.02. The summed E-state index contributed by atoms with van der Waals surface area (Å²) in [6.45, 7) is 3.02. The second-order valence-corrected chi connectivity index (χ2v) is 11.5. The number of halogens is 1. The van der Waals surface area contributed by atoms with Crippen molar-refractivity contribution in [3.8, 4) is 0 Å². The van der Waals surface area contributed by atoms with Gasteiger partial charge < -0.3 is 4.74 Å². The van der Waals surface area contributed by atoms with Gasteiger partial charge in [-0.3, -0.25) is 9.69 Å². The lowest BCUT2D eigenvalue weighted by atomic mass is 10.2. The highest BCUT2D eigenvalue weighted by molar-refractivity contribution is 7.91. The minimum atomic E-state index is -3.43. The van der Waals surface area contributed by atoms with E-state index in [1.807, 2.05) is 19.1 Å². The van der Waals surface area contributed by atoms with E-state index >= 15 is 0 Å². The molecule has 32 heavy (non-hydrogen) atoms. The molecule has 170 valence electrons. The molecule has 0 saturated carbocycles. The third-order valence-electron chi connectivity index (χ3n) is 5.47. The van der Waals surface area contributed by atoms with Gasteiger partial charge in [-0.05, 0) is 56.5 Å². The number of amides is 1. The average molecular weight is 493 g/mol. The molecule has 9 heteroatoms. The molecule has 1 unspecified atom stereocenters. The minimum absolute atomic E-state index is 0.0363. The predicted molar refractivity (Wildman–Crippen MR) is 128 cm³/mol. The first-order valence-electron chi connectivity index (χ1n) is 10.6. The van der Waals surface area contributed by atoms with Crippen LogP contribution in [0.15, 0.2) is 47.4 Å². The molecule has 1 aromatic heterocycles. The fourth-order valence-corrected chi connectivity index (χ4v) is 6.27. The van der Waals surface area contributed by atoms with Crippen LogP contribution < -0.4 is 4.90 Å². The molecule has 0 N–H and O–H groups in total. The van der Waals surface area contributed by atoms with Crippen molar-refractivity contribution >= 4 is 54.0 Å². The van der Waals surface area contributed by atoms with Crippen LogP contribution in [0.4, 0.5) is 5.13 Å². The maximum Gasteiger partial charge on any atom is 0.228 e. The van der Waals surface area contributed by atoms with Crippen LogP contribution in [0.25, 0.3) is 10.2 Å². The summed E-state index contributed by atoms with van der Waals surface area (Å²) in [6.07, 6.45) is 2.19. The van der Waals surface area contributed by atoms with Gasteiger partial charge in [0.15, 0.2) is 15.0 Å². The van der Waals surface area contributed by atoms with Crippen molar-refractivity contribution in [1.29, 1.82) is 0 Å². The Balaban J connectivity index is 1.47. The van der Waals surface area contributed by atoms with Crippen LogP contribution in [0.5, 0.6) is 0 Å². The van der Waals surface area contributed by atoms with Gasteiger partial charge in [0.25, 0.3) is 0 Å². The van der Waals surface area contributed by atoms with E-state index in [4.69, 9.17) is 16.3 Å². The fraction of sp³-hybridized carbons (Fsp3) is 0.391. The number of hydrogen-bond donors (Lipinski definition) is 0. The minimum Gasteiger partial charge on any atom is -0.376 e. The zero-order valence-corrected chi connectivity index (χ0v) is 20.2. The summed E-state index contributed by atoms with van der Waals surface area (Å²) in [5, 5.41) is 1.20. The van der Waals surface area contributed by atoms with Crippen LogP contribution in [0.1, 0.15) is 31.2 Å². The molecule has 6 nitrogen and oxygen atoms in total. The molecule has 1 fully saturated rings. The highest BCUT2D eigenvalue weighted by Crippen LogP contribution is 2.32. The Morgan fingerprint density at radius 1 is 1.25 bits per heavy atom. The van der Waals surface area contributed by atoms with Gasteiger partial charge in [-0.2, -0.15) is 0 Å². The van der Waals surface area contributed by atoms with E-state index in [1.165, 1.54) is 11.3 Å². The van der Waals surface area contributed by atoms with Gasteiger partial charge >= 0.3 is 0 Å². The van der Waals surface area contributed by atoms with Crippen molar-refractivity contribution in [2.24, 2.45) is 0 Å². The zero-order valence-electron chi connectivity index (χ0n) is 17.8. The summed E-state index contributed by atoms with van der Waals surface area (Å²) in [5.74, 6) is -0.227. The molecule has 3 aromatic rings. The number of anilines is 1. The van der Waals surface area contributed by atoms with Crippen molar-refractivity contribution in [3.05, 3.63) is 53.1 Å². The smallest absolute Gasteiger partial charge is 0.228 e. The normalized spacial score (nSPS) is 16.5. The molecule has 1 amide bonds. The number of nitrogens with zero attached hydrogens (tertiary/aromatic N) is 2. The number of carbonyl (C=O) groups is 1. The van der Waals surface area contributed by atoms with Gasteiger partial charge in [-0.15, -0.1) is 0 Å². The molecule has 1 saturated heterocycles. The molecule has 0 spiro atoms. The first-order valence-corrected chi connectivity index (χ1v) is 13.4. The third-order valence-corrected chi connectivity index (χ3v) is 8.56. The molecular formula is C23H25ClN2O4S2. The summed E-state index contributed by atoms with van der Waals surface area (Å²) in [7, 11) is -3.43. The number of aryl methyl sites for hydroxylation is 1. The van der Waals surface area contributed by atoms with Crippen molar-refractivity contribution < 1.29 is 17.9 Å². The lowest BCUT2D eigenvalue weighted by Crippen LogP contribution is -2.37. The second kappa shape index (κ2) is 9.87. The van der Waals surface area contributed by atoms with Crippen LogP contribution in [-0.2, 0) is 19.4 Å². The van der Waals surface area contributed by atoms with E-state index in [9.17, 15) is 13.2 Å². The Morgan fingerprint density at radius 2 is 2.03 bits per heavy atom. The summed E-state index contributed by atoms with van der Waals surface area (Å²) in [6, 6.07) is 12.2. The summed E-state index contributed by atoms with van der Waals surface area (Å²) in [5.41, 5.74) is 1.78. The van der Waals surface area contributed by atoms with Crippen molar-refractivity contribution in [1.82, 2.24) is 4.98 Å². The average Bonchev–Trinajstić information content (AvgIpc) is 3.41. The number of thiazole rings is 1. The fourth-order valence-electron chi connectivity index (χ4n) is 3.69. The Morgan fingerprint density at radius 3 is 2.75 bits per heavy atom. The Kier molecular flexibility index (Phi) is 7.14. The Labute approximate surface area is 197 Å². The van der Waals surface area contributed by atoms with Gasteiger partial charge in [0, 0.05) is 18.1 Å². The summed E-state index contributed by atoms with van der Waals surface area (Å²) in [4.78, 5) is 19.7. The highest BCUT2D eigenvalue weighted by atomic mass is 35.5. The van der Waals surface area contributed by atoms with Crippen molar-refractivity contribution in [2.45, 2.75) is 43.6 Å². The van der Waals surface area contributed by atoms with Crippen LogP contribution in [-0.4, -0.2) is 44.3 Å². The van der Waals surface area contributed by atoms with Crippen LogP contribution >= 0.6 is 22.9 Å². The van der Waals surface area contributed by atoms with Gasteiger partial charge in [0.2, 0.25) is 5.91 Å². The lowest BCUT2D eigenvalue weighted by molar-refractivity contribution is -0.119. The third kappa shape index (κ3) is 5.49. The maximum atomic E-state index is 13.2. The number of hydrogen-bond acceptors (Lipinski definition) is 6. The zero-order chi connectivity index (χ0) is 22.7.